The van der Waals surface area contributed by atoms with Crippen LogP contribution in [0, 0.1) is 5.41 Å². The molecule has 0 spiro atoms. The molecule has 25 heavy (non-hydrogen) atoms. The van der Waals surface area contributed by atoms with Crippen LogP contribution in [0.5, 0.6) is 0 Å². The van der Waals surface area contributed by atoms with Crippen LogP contribution in [0.3, 0.4) is 0 Å². The van der Waals surface area contributed by atoms with Gasteiger partial charge in [0.25, 0.3) is 0 Å². The Labute approximate surface area is 158 Å². The van der Waals surface area contributed by atoms with Crippen molar-refractivity contribution in [1.82, 2.24) is 0 Å². The van der Waals surface area contributed by atoms with E-state index in [0.29, 0.717) is 0 Å². The van der Waals surface area contributed by atoms with Crippen molar-refractivity contribution in [3.8, 4) is 0 Å². The molecule has 2 atom stereocenters. The van der Waals surface area contributed by atoms with Gasteiger partial charge in [-0.1, -0.05) is 52.9 Å². The molecule has 1 saturated heterocycles. The average molecular weight is 373 g/mol. The van der Waals surface area contributed by atoms with Gasteiger partial charge >= 0.3 is 8.56 Å². The van der Waals surface area contributed by atoms with Crippen molar-refractivity contribution in [2.75, 3.05) is 19.8 Å². The predicted octanol–water partition coefficient (Wildman–Crippen LogP) is 6.39. The van der Waals surface area contributed by atoms with Gasteiger partial charge in [0.15, 0.2) is 0 Å². The summed E-state index contributed by atoms with van der Waals surface area (Å²) in [5, 5.41) is -0.208. The van der Waals surface area contributed by atoms with Gasteiger partial charge in [0.05, 0.1) is 0 Å². The summed E-state index contributed by atoms with van der Waals surface area (Å²) in [7, 11) is -2.43. The van der Waals surface area contributed by atoms with Gasteiger partial charge < -0.3 is 13.6 Å². The molecule has 1 fully saturated rings. The lowest BCUT2D eigenvalue weighted by atomic mass is 9.70. The zero-order valence-corrected chi connectivity index (χ0v) is 18.9. The van der Waals surface area contributed by atoms with Crippen LogP contribution in [0.1, 0.15) is 99.3 Å². The molecule has 1 heterocycles. The van der Waals surface area contributed by atoms with E-state index < -0.39 is 8.56 Å². The standard InChI is InChI=1S/C21H44O3Si/c1-7-13-14-15-17-20(8-2)18-16-19-25(23-11-5,24-12-6)21(20,9-3)22-10-4/h7-19H2,1-6H3. The summed E-state index contributed by atoms with van der Waals surface area (Å²) in [6.07, 6.45) is 11.2. The largest absolute Gasteiger partial charge is 0.393 e. The molecule has 1 aliphatic heterocycles. The van der Waals surface area contributed by atoms with E-state index in [1.54, 1.807) is 0 Å². The molecular weight excluding hydrogens is 328 g/mol. The van der Waals surface area contributed by atoms with E-state index >= 15 is 0 Å². The molecule has 0 aromatic rings. The summed E-state index contributed by atoms with van der Waals surface area (Å²) in [6.45, 7) is 15.5. The third kappa shape index (κ3) is 4.51. The van der Waals surface area contributed by atoms with Gasteiger partial charge in [0.2, 0.25) is 0 Å². The highest BCUT2D eigenvalue weighted by Gasteiger charge is 2.68. The van der Waals surface area contributed by atoms with Gasteiger partial charge in [0, 0.05) is 25.2 Å². The normalized spacial score (nSPS) is 29.0. The number of unbranched alkanes of at least 4 members (excludes halogenated alkanes) is 3. The third-order valence-corrected chi connectivity index (χ3v) is 11.2. The predicted molar refractivity (Wildman–Crippen MR) is 109 cm³/mol. The highest BCUT2D eigenvalue weighted by atomic mass is 28.4. The van der Waals surface area contributed by atoms with Crippen molar-refractivity contribution < 1.29 is 13.6 Å². The Kier molecular flexibility index (Phi) is 10.2. The van der Waals surface area contributed by atoms with Crippen LogP contribution in [0.25, 0.3) is 0 Å². The average Bonchev–Trinajstić information content (AvgIpc) is 2.62. The summed E-state index contributed by atoms with van der Waals surface area (Å²) >= 11 is 0. The molecule has 3 nitrogen and oxygen atoms in total. The van der Waals surface area contributed by atoms with Crippen LogP contribution in [0.4, 0.5) is 0 Å². The lowest BCUT2D eigenvalue weighted by Crippen LogP contribution is -2.73. The zero-order valence-electron chi connectivity index (χ0n) is 17.9. The Morgan fingerprint density at radius 3 is 1.96 bits per heavy atom. The van der Waals surface area contributed by atoms with Gasteiger partial charge in [-0.05, 0) is 52.5 Å². The molecule has 0 amide bonds. The summed E-state index contributed by atoms with van der Waals surface area (Å²) in [5.41, 5.74) is 0.209. The van der Waals surface area contributed by atoms with Crippen LogP contribution in [-0.4, -0.2) is 33.6 Å². The summed E-state index contributed by atoms with van der Waals surface area (Å²) in [5.74, 6) is 0. The first-order chi connectivity index (χ1) is 12.1. The van der Waals surface area contributed by atoms with E-state index in [4.69, 9.17) is 13.6 Å². The maximum absolute atomic E-state index is 6.72. The second kappa shape index (κ2) is 11.1. The maximum atomic E-state index is 6.72. The number of rotatable bonds is 13. The molecule has 0 aromatic carbocycles. The van der Waals surface area contributed by atoms with Gasteiger partial charge in [-0.2, -0.15) is 0 Å². The first kappa shape index (κ1) is 23.1. The van der Waals surface area contributed by atoms with E-state index in [1.165, 1.54) is 51.4 Å². The van der Waals surface area contributed by atoms with Crippen molar-refractivity contribution in [2.45, 2.75) is 111 Å². The number of hydrogen-bond acceptors (Lipinski definition) is 3. The van der Waals surface area contributed by atoms with E-state index in [2.05, 4.69) is 41.5 Å². The summed E-state index contributed by atoms with van der Waals surface area (Å²) in [6, 6.07) is 1.08. The second-order valence-corrected chi connectivity index (χ2v) is 10.9. The molecular formula is C21H44O3Si. The smallest absolute Gasteiger partial charge is 0.371 e. The van der Waals surface area contributed by atoms with Crippen molar-refractivity contribution in [1.29, 1.82) is 0 Å². The van der Waals surface area contributed by atoms with Gasteiger partial charge in [0.1, 0.15) is 5.22 Å². The lowest BCUT2D eigenvalue weighted by molar-refractivity contribution is -0.131. The lowest BCUT2D eigenvalue weighted by Gasteiger charge is -2.60. The van der Waals surface area contributed by atoms with Crippen LogP contribution in [-0.2, 0) is 13.6 Å². The molecule has 0 aliphatic carbocycles. The molecule has 0 saturated carbocycles. The molecule has 150 valence electrons. The van der Waals surface area contributed by atoms with E-state index in [0.717, 1.165) is 32.3 Å². The Bertz CT molecular complexity index is 352. The molecule has 2 unspecified atom stereocenters. The number of ether oxygens (including phenoxy) is 1. The zero-order chi connectivity index (χ0) is 18.8. The fourth-order valence-electron chi connectivity index (χ4n) is 5.46. The maximum Gasteiger partial charge on any atom is 0.371 e. The van der Waals surface area contributed by atoms with Crippen molar-refractivity contribution in [3.05, 3.63) is 0 Å². The topological polar surface area (TPSA) is 27.7 Å². The number of hydrogen-bond donors (Lipinski definition) is 0. The minimum atomic E-state index is -2.43. The Morgan fingerprint density at radius 2 is 1.48 bits per heavy atom. The third-order valence-electron chi connectivity index (χ3n) is 6.46. The van der Waals surface area contributed by atoms with Crippen LogP contribution in [0.15, 0.2) is 0 Å². The first-order valence-corrected chi connectivity index (χ1v) is 13.0. The van der Waals surface area contributed by atoms with Crippen molar-refractivity contribution in [2.24, 2.45) is 5.41 Å². The molecule has 0 bridgehead atoms. The quantitative estimate of drug-likeness (QED) is 0.277. The minimum absolute atomic E-state index is 0.208. The van der Waals surface area contributed by atoms with E-state index in [1.807, 2.05) is 0 Å². The van der Waals surface area contributed by atoms with Gasteiger partial charge in [-0.25, -0.2) is 0 Å². The highest BCUT2D eigenvalue weighted by Crippen LogP contribution is 2.57. The second-order valence-electron chi connectivity index (χ2n) is 7.53. The van der Waals surface area contributed by atoms with E-state index in [-0.39, 0.29) is 10.6 Å². The Hall–Kier alpha value is 0.0969. The summed E-state index contributed by atoms with van der Waals surface area (Å²) < 4.78 is 19.8. The SMILES string of the molecule is CCCCCCC1(CC)CCC[Si](OCC)(OCC)C1(CC)OCC. The molecule has 1 aliphatic rings. The first-order valence-electron chi connectivity index (χ1n) is 11.0. The van der Waals surface area contributed by atoms with Crippen LogP contribution in [0.2, 0.25) is 6.04 Å². The van der Waals surface area contributed by atoms with E-state index in [9.17, 15) is 0 Å². The van der Waals surface area contributed by atoms with Crippen LogP contribution >= 0.6 is 0 Å². The molecule has 1 rings (SSSR count). The molecule has 0 radical (unpaired) electrons. The van der Waals surface area contributed by atoms with Gasteiger partial charge in [-0.15, -0.1) is 0 Å². The Morgan fingerprint density at radius 1 is 0.800 bits per heavy atom. The fraction of sp³-hybridized carbons (Fsp3) is 1.00. The monoisotopic (exact) mass is 372 g/mol. The molecule has 0 N–H and O–H groups in total. The van der Waals surface area contributed by atoms with Crippen LogP contribution < -0.4 is 0 Å². The summed E-state index contributed by atoms with van der Waals surface area (Å²) in [4.78, 5) is 0. The van der Waals surface area contributed by atoms with Crippen molar-refractivity contribution >= 4 is 8.56 Å². The highest BCUT2D eigenvalue weighted by molar-refractivity contribution is 6.71. The fourth-order valence-corrected chi connectivity index (χ4v) is 10.4. The molecule has 0 aromatic heterocycles. The van der Waals surface area contributed by atoms with Crippen molar-refractivity contribution in [3.63, 3.8) is 0 Å². The Balaban J connectivity index is 3.30. The van der Waals surface area contributed by atoms with Gasteiger partial charge in [-0.3, -0.25) is 0 Å². The minimum Gasteiger partial charge on any atom is -0.393 e. The molecule has 4 heteroatoms.